The summed E-state index contributed by atoms with van der Waals surface area (Å²) in [6.07, 6.45) is 7.31. The third-order valence-electron chi connectivity index (χ3n) is 4.28. The molecule has 1 fully saturated rings. The molecule has 0 aliphatic heterocycles. The molecule has 1 saturated carbocycles. The van der Waals surface area contributed by atoms with E-state index in [9.17, 15) is 5.26 Å². The Morgan fingerprint density at radius 1 is 1.13 bits per heavy atom. The van der Waals surface area contributed by atoms with Crippen molar-refractivity contribution in [3.05, 3.63) is 22.8 Å². The minimum Gasteiger partial charge on any atom is -0.493 e. The summed E-state index contributed by atoms with van der Waals surface area (Å²) in [7, 11) is 1.73. The summed E-state index contributed by atoms with van der Waals surface area (Å²) in [5.41, 5.74) is 3.44. The van der Waals surface area contributed by atoms with Crippen molar-refractivity contribution in [2.45, 2.75) is 51.0 Å². The van der Waals surface area contributed by atoms with Gasteiger partial charge in [0.15, 0.2) is 11.5 Å². The Labute approximate surface area is 166 Å². The van der Waals surface area contributed by atoms with Crippen LogP contribution in [0.2, 0.25) is 0 Å². The molecular weight excluding hydrogens is 516 g/mol. The number of nitriles is 1. The van der Waals surface area contributed by atoms with Gasteiger partial charge in [-0.15, -0.1) is 0 Å². The molecule has 1 aliphatic carbocycles. The van der Waals surface area contributed by atoms with E-state index in [0.29, 0.717) is 12.5 Å². The van der Waals surface area contributed by atoms with Crippen LogP contribution in [-0.2, 0) is 19.3 Å². The first kappa shape index (κ1) is 19.1. The standard InChI is InChI=1S/C18H23I2NO2/c1-22-17-14(6-9-19)12-13(8-11-21)16(7-10-20)18(17)23-15-4-2-3-5-15/h12,15H,2-10H2,1H3. The summed E-state index contributed by atoms with van der Waals surface area (Å²) in [5.74, 6) is 1.79. The van der Waals surface area contributed by atoms with Crippen LogP contribution in [-0.4, -0.2) is 22.1 Å². The Balaban J connectivity index is 2.51. The molecule has 0 amide bonds. The van der Waals surface area contributed by atoms with Crippen LogP contribution in [0.5, 0.6) is 11.5 Å². The minimum atomic E-state index is 0.293. The van der Waals surface area contributed by atoms with Crippen molar-refractivity contribution in [2.75, 3.05) is 16.0 Å². The van der Waals surface area contributed by atoms with E-state index in [2.05, 4.69) is 57.3 Å². The molecule has 0 atom stereocenters. The highest BCUT2D eigenvalue weighted by molar-refractivity contribution is 14.1. The van der Waals surface area contributed by atoms with Gasteiger partial charge in [-0.25, -0.2) is 0 Å². The highest BCUT2D eigenvalue weighted by atomic mass is 127. The second-order valence-corrected chi connectivity index (χ2v) is 7.93. The van der Waals surface area contributed by atoms with E-state index in [1.165, 1.54) is 18.4 Å². The molecule has 0 spiro atoms. The summed E-state index contributed by atoms with van der Waals surface area (Å²) >= 11 is 4.77. The molecule has 0 unspecified atom stereocenters. The van der Waals surface area contributed by atoms with E-state index in [-0.39, 0.29) is 0 Å². The lowest BCUT2D eigenvalue weighted by Gasteiger charge is -2.23. The van der Waals surface area contributed by atoms with Crippen molar-refractivity contribution in [2.24, 2.45) is 0 Å². The monoisotopic (exact) mass is 539 g/mol. The number of nitrogens with zero attached hydrogens (tertiary/aromatic N) is 1. The van der Waals surface area contributed by atoms with Crippen LogP contribution < -0.4 is 9.47 Å². The highest BCUT2D eigenvalue weighted by Gasteiger charge is 2.24. The van der Waals surface area contributed by atoms with Gasteiger partial charge in [0.1, 0.15) is 0 Å². The maximum Gasteiger partial charge on any atom is 0.165 e. The number of alkyl halides is 2. The normalized spacial score (nSPS) is 14.7. The van der Waals surface area contributed by atoms with Gasteiger partial charge < -0.3 is 9.47 Å². The van der Waals surface area contributed by atoms with Gasteiger partial charge in [-0.3, -0.25) is 0 Å². The zero-order chi connectivity index (χ0) is 16.7. The molecule has 1 aliphatic rings. The molecule has 5 heteroatoms. The van der Waals surface area contributed by atoms with Gasteiger partial charge in [-0.05, 0) is 49.7 Å². The Morgan fingerprint density at radius 2 is 1.83 bits per heavy atom. The summed E-state index contributed by atoms with van der Waals surface area (Å²) in [6, 6.07) is 4.47. The second kappa shape index (κ2) is 9.92. The number of hydrogen-bond donors (Lipinski definition) is 0. The van der Waals surface area contributed by atoms with Gasteiger partial charge in [0, 0.05) is 14.4 Å². The van der Waals surface area contributed by atoms with Crippen LogP contribution >= 0.6 is 45.2 Å². The maximum atomic E-state index is 9.21. The first-order valence-corrected chi connectivity index (χ1v) is 11.2. The zero-order valence-corrected chi connectivity index (χ0v) is 17.9. The average Bonchev–Trinajstić information content (AvgIpc) is 3.04. The summed E-state index contributed by atoms with van der Waals surface area (Å²) in [5, 5.41) is 9.21. The minimum absolute atomic E-state index is 0.293. The van der Waals surface area contributed by atoms with Gasteiger partial charge >= 0.3 is 0 Å². The number of hydrogen-bond acceptors (Lipinski definition) is 3. The fourth-order valence-electron chi connectivity index (χ4n) is 3.21. The van der Waals surface area contributed by atoms with Gasteiger partial charge in [0.2, 0.25) is 0 Å². The molecule has 0 aromatic heterocycles. The average molecular weight is 539 g/mol. The summed E-state index contributed by atoms with van der Waals surface area (Å²) < 4.78 is 14.2. The van der Waals surface area contributed by atoms with Crippen molar-refractivity contribution in [3.8, 4) is 17.6 Å². The Bertz CT molecular complexity index is 563. The largest absolute Gasteiger partial charge is 0.493 e. The SMILES string of the molecule is COc1c(CCI)cc(CC#N)c(CCI)c1OC1CCCC1. The molecule has 0 N–H and O–H groups in total. The Kier molecular flexibility index (Phi) is 8.24. The second-order valence-electron chi connectivity index (χ2n) is 5.77. The molecule has 0 saturated heterocycles. The molecule has 3 nitrogen and oxygen atoms in total. The fourth-order valence-corrected chi connectivity index (χ4v) is 4.33. The van der Waals surface area contributed by atoms with E-state index < -0.39 is 0 Å². The van der Waals surface area contributed by atoms with Gasteiger partial charge in [-0.2, -0.15) is 5.26 Å². The van der Waals surface area contributed by atoms with Crippen LogP contribution in [0.25, 0.3) is 0 Å². The van der Waals surface area contributed by atoms with Crippen molar-refractivity contribution < 1.29 is 9.47 Å². The lowest BCUT2D eigenvalue weighted by molar-refractivity contribution is 0.198. The number of methoxy groups -OCH3 is 1. The van der Waals surface area contributed by atoms with E-state index in [4.69, 9.17) is 9.47 Å². The highest BCUT2D eigenvalue weighted by Crippen LogP contribution is 2.41. The summed E-state index contributed by atoms with van der Waals surface area (Å²) in [6.45, 7) is 0. The third-order valence-corrected chi connectivity index (χ3v) is 5.36. The van der Waals surface area contributed by atoms with E-state index in [1.807, 2.05) is 0 Å². The molecule has 1 aromatic carbocycles. The van der Waals surface area contributed by atoms with E-state index >= 15 is 0 Å². The van der Waals surface area contributed by atoms with Crippen molar-refractivity contribution in [3.63, 3.8) is 0 Å². The van der Waals surface area contributed by atoms with Gasteiger partial charge in [0.05, 0.1) is 25.7 Å². The number of halogens is 2. The zero-order valence-electron chi connectivity index (χ0n) is 13.5. The molecule has 1 aromatic rings. The summed E-state index contributed by atoms with van der Waals surface area (Å²) in [4.78, 5) is 0. The van der Waals surface area contributed by atoms with E-state index in [1.54, 1.807) is 7.11 Å². The molecule has 0 bridgehead atoms. The lowest BCUT2D eigenvalue weighted by atomic mass is 9.96. The molecule has 23 heavy (non-hydrogen) atoms. The van der Waals surface area contributed by atoms with Gasteiger partial charge in [-0.1, -0.05) is 51.2 Å². The molecular formula is C18H23I2NO2. The van der Waals surface area contributed by atoms with Crippen molar-refractivity contribution in [1.82, 2.24) is 0 Å². The topological polar surface area (TPSA) is 42.2 Å². The van der Waals surface area contributed by atoms with Crippen LogP contribution in [0, 0.1) is 11.3 Å². The quantitative estimate of drug-likeness (QED) is 0.344. The van der Waals surface area contributed by atoms with Crippen LogP contribution in [0.15, 0.2) is 6.07 Å². The molecule has 2 rings (SSSR count). The predicted octanol–water partition coefficient (Wildman–Crippen LogP) is 5.04. The fraction of sp³-hybridized carbons (Fsp3) is 0.611. The maximum absolute atomic E-state index is 9.21. The van der Waals surface area contributed by atoms with Crippen LogP contribution in [0.3, 0.4) is 0 Å². The third kappa shape index (κ3) is 4.88. The molecule has 0 heterocycles. The number of ether oxygens (including phenoxy) is 2. The first-order chi connectivity index (χ1) is 11.2. The smallest absolute Gasteiger partial charge is 0.165 e. The molecule has 0 radical (unpaired) electrons. The predicted molar refractivity (Wildman–Crippen MR) is 110 cm³/mol. The van der Waals surface area contributed by atoms with Crippen molar-refractivity contribution >= 4 is 45.2 Å². The number of rotatable bonds is 8. The van der Waals surface area contributed by atoms with Crippen LogP contribution in [0.1, 0.15) is 42.4 Å². The Morgan fingerprint density at radius 3 is 2.39 bits per heavy atom. The first-order valence-electron chi connectivity index (χ1n) is 8.12. The van der Waals surface area contributed by atoms with Crippen LogP contribution in [0.4, 0.5) is 0 Å². The van der Waals surface area contributed by atoms with E-state index in [0.717, 1.165) is 57.2 Å². The van der Waals surface area contributed by atoms with Gasteiger partial charge in [0.25, 0.3) is 0 Å². The number of benzene rings is 1. The number of aryl methyl sites for hydroxylation is 1. The van der Waals surface area contributed by atoms with Crippen molar-refractivity contribution in [1.29, 1.82) is 5.26 Å². The molecule has 126 valence electrons. The lowest BCUT2D eigenvalue weighted by Crippen LogP contribution is -2.15. The Hall–Kier alpha value is -0.230.